The van der Waals surface area contributed by atoms with Crippen molar-refractivity contribution >= 4 is 11.2 Å². The molecule has 0 aliphatic carbocycles. The van der Waals surface area contributed by atoms with Crippen LogP contribution in [0, 0.1) is 19.3 Å². The third-order valence-corrected chi connectivity index (χ3v) is 4.32. The van der Waals surface area contributed by atoms with Crippen LogP contribution in [0.4, 0.5) is 0 Å². The van der Waals surface area contributed by atoms with E-state index in [0.29, 0.717) is 6.54 Å². The van der Waals surface area contributed by atoms with Gasteiger partial charge in [-0.2, -0.15) is 0 Å². The summed E-state index contributed by atoms with van der Waals surface area (Å²) < 4.78 is 2.22. The summed E-state index contributed by atoms with van der Waals surface area (Å²) in [7, 11) is 0. The summed E-state index contributed by atoms with van der Waals surface area (Å²) in [5, 5.41) is 0. The fourth-order valence-corrected chi connectivity index (χ4v) is 3.25. The van der Waals surface area contributed by atoms with Gasteiger partial charge < -0.3 is 5.73 Å². The Kier molecular flexibility index (Phi) is 4.65. The van der Waals surface area contributed by atoms with E-state index in [-0.39, 0.29) is 5.41 Å². The van der Waals surface area contributed by atoms with Gasteiger partial charge in [0.2, 0.25) is 0 Å². The number of fused-ring (bicyclic) bond motifs is 1. The summed E-state index contributed by atoms with van der Waals surface area (Å²) in [4.78, 5) is 9.76. The monoisotopic (exact) mass is 336 g/mol. The number of hydrogen-bond acceptors (Lipinski definition) is 3. The van der Waals surface area contributed by atoms with Crippen molar-refractivity contribution in [3.8, 4) is 5.69 Å². The van der Waals surface area contributed by atoms with Crippen LogP contribution in [-0.2, 0) is 12.8 Å². The zero-order chi connectivity index (χ0) is 18.2. The molecule has 3 aromatic rings. The molecule has 0 atom stereocenters. The molecule has 4 nitrogen and oxygen atoms in total. The average molecular weight is 336 g/mol. The Morgan fingerprint density at radius 1 is 1.04 bits per heavy atom. The number of rotatable bonds is 4. The Morgan fingerprint density at radius 2 is 1.72 bits per heavy atom. The summed E-state index contributed by atoms with van der Waals surface area (Å²) in [6, 6.07) is 10.7. The van der Waals surface area contributed by atoms with E-state index in [2.05, 4.69) is 62.6 Å². The summed E-state index contributed by atoms with van der Waals surface area (Å²) in [6.07, 6.45) is 1.79. The van der Waals surface area contributed by atoms with Crippen LogP contribution in [0.5, 0.6) is 0 Å². The number of aromatic nitrogens is 3. The van der Waals surface area contributed by atoms with Crippen molar-refractivity contribution in [2.45, 2.75) is 47.5 Å². The van der Waals surface area contributed by atoms with Crippen LogP contribution in [0.2, 0.25) is 0 Å². The van der Waals surface area contributed by atoms with Crippen molar-refractivity contribution in [3.63, 3.8) is 0 Å². The Hall–Kier alpha value is -2.20. The molecule has 0 saturated carbocycles. The van der Waals surface area contributed by atoms with Crippen molar-refractivity contribution in [3.05, 3.63) is 53.0 Å². The first-order chi connectivity index (χ1) is 11.8. The number of pyridine rings is 1. The summed E-state index contributed by atoms with van der Waals surface area (Å²) >= 11 is 0. The van der Waals surface area contributed by atoms with Gasteiger partial charge in [-0.1, -0.05) is 32.9 Å². The van der Waals surface area contributed by atoms with Crippen LogP contribution < -0.4 is 5.73 Å². The number of aryl methyl sites for hydroxylation is 2. The second kappa shape index (κ2) is 6.60. The van der Waals surface area contributed by atoms with Crippen molar-refractivity contribution in [1.82, 2.24) is 14.5 Å². The van der Waals surface area contributed by atoms with Gasteiger partial charge in [-0.25, -0.2) is 9.97 Å². The predicted octanol–water partition coefficient (Wildman–Crippen LogP) is 4.13. The number of nitrogens with two attached hydrogens (primary N) is 1. The van der Waals surface area contributed by atoms with Crippen LogP contribution in [0.1, 0.15) is 43.4 Å². The zero-order valence-corrected chi connectivity index (χ0v) is 15.9. The highest BCUT2D eigenvalue weighted by atomic mass is 15.1. The van der Waals surface area contributed by atoms with Gasteiger partial charge in [-0.05, 0) is 61.6 Å². The first-order valence-corrected chi connectivity index (χ1v) is 8.93. The topological polar surface area (TPSA) is 56.7 Å². The molecule has 0 saturated heterocycles. The maximum absolute atomic E-state index is 5.67. The predicted molar refractivity (Wildman–Crippen MR) is 104 cm³/mol. The van der Waals surface area contributed by atoms with Crippen LogP contribution >= 0.6 is 0 Å². The molecule has 0 unspecified atom stereocenters. The highest BCUT2D eigenvalue weighted by Crippen LogP contribution is 2.28. The second-order valence-electron chi connectivity index (χ2n) is 8.06. The van der Waals surface area contributed by atoms with Gasteiger partial charge in [0.15, 0.2) is 5.65 Å². The minimum absolute atomic E-state index is 0.154. The maximum atomic E-state index is 5.67. The normalized spacial score (nSPS) is 12.1. The lowest BCUT2D eigenvalue weighted by atomic mass is 9.92. The van der Waals surface area contributed by atoms with Crippen molar-refractivity contribution in [2.75, 3.05) is 6.54 Å². The van der Waals surface area contributed by atoms with E-state index in [9.17, 15) is 0 Å². The zero-order valence-electron chi connectivity index (χ0n) is 15.9. The molecular formula is C21H28N4. The van der Waals surface area contributed by atoms with Gasteiger partial charge >= 0.3 is 0 Å². The molecule has 3 rings (SSSR count). The molecule has 0 radical (unpaired) electrons. The molecule has 4 heteroatoms. The Labute approximate surface area is 150 Å². The summed E-state index contributed by atoms with van der Waals surface area (Å²) in [6.45, 7) is 11.5. The molecule has 132 valence electrons. The van der Waals surface area contributed by atoms with Crippen molar-refractivity contribution in [1.29, 1.82) is 0 Å². The minimum atomic E-state index is 0.154. The minimum Gasteiger partial charge on any atom is -0.330 e. The summed E-state index contributed by atoms with van der Waals surface area (Å²) in [5.41, 5.74) is 12.3. The molecule has 2 heterocycles. The van der Waals surface area contributed by atoms with Gasteiger partial charge in [-0.15, -0.1) is 0 Å². The fourth-order valence-electron chi connectivity index (χ4n) is 3.25. The average Bonchev–Trinajstić information content (AvgIpc) is 2.85. The summed E-state index contributed by atoms with van der Waals surface area (Å²) in [5.74, 6) is 1.07. The molecule has 0 bridgehead atoms. The lowest BCUT2D eigenvalue weighted by Gasteiger charge is -2.18. The number of nitrogens with zero attached hydrogens (tertiary/aromatic N) is 3. The van der Waals surface area contributed by atoms with E-state index in [1.807, 2.05) is 6.92 Å². The van der Waals surface area contributed by atoms with E-state index in [0.717, 1.165) is 41.2 Å². The standard InChI is InChI=1S/C21H28N4/c1-14-12-15(2)23-20-19(14)24-18(13-21(3,4)5)25(20)17-8-6-16(7-9-17)10-11-22/h6-9,12H,10-11,13,22H2,1-5H3. The molecule has 0 fully saturated rings. The molecule has 0 aliphatic rings. The third kappa shape index (κ3) is 3.74. The van der Waals surface area contributed by atoms with Crippen LogP contribution in [0.25, 0.3) is 16.9 Å². The highest BCUT2D eigenvalue weighted by molar-refractivity contribution is 5.78. The van der Waals surface area contributed by atoms with Crippen molar-refractivity contribution in [2.24, 2.45) is 11.1 Å². The first-order valence-electron chi connectivity index (χ1n) is 8.93. The van der Waals surface area contributed by atoms with Crippen LogP contribution in [0.3, 0.4) is 0 Å². The lowest BCUT2D eigenvalue weighted by molar-refractivity contribution is 0.399. The molecule has 0 spiro atoms. The smallest absolute Gasteiger partial charge is 0.165 e. The van der Waals surface area contributed by atoms with Gasteiger partial charge in [0.25, 0.3) is 0 Å². The Morgan fingerprint density at radius 3 is 2.32 bits per heavy atom. The number of hydrogen-bond donors (Lipinski definition) is 1. The first kappa shape index (κ1) is 17.6. The highest BCUT2D eigenvalue weighted by Gasteiger charge is 2.21. The molecular weight excluding hydrogens is 308 g/mol. The third-order valence-electron chi connectivity index (χ3n) is 4.32. The molecule has 2 N–H and O–H groups in total. The Balaban J connectivity index is 2.21. The van der Waals surface area contributed by atoms with E-state index in [1.54, 1.807) is 0 Å². The maximum Gasteiger partial charge on any atom is 0.165 e. The molecule has 1 aromatic carbocycles. The van der Waals surface area contributed by atoms with Crippen LogP contribution in [0.15, 0.2) is 30.3 Å². The lowest BCUT2D eigenvalue weighted by Crippen LogP contribution is -2.14. The molecule has 2 aromatic heterocycles. The van der Waals surface area contributed by atoms with Crippen LogP contribution in [-0.4, -0.2) is 21.1 Å². The van der Waals surface area contributed by atoms with Gasteiger partial charge in [-0.3, -0.25) is 4.57 Å². The molecule has 25 heavy (non-hydrogen) atoms. The number of imidazole rings is 1. The number of benzene rings is 1. The Bertz CT molecular complexity index is 883. The fraction of sp³-hybridized carbons (Fsp3) is 0.429. The quantitative estimate of drug-likeness (QED) is 0.779. The SMILES string of the molecule is Cc1cc(C)c2nc(CC(C)(C)C)n(-c3ccc(CCN)cc3)c2n1. The largest absolute Gasteiger partial charge is 0.330 e. The van der Waals surface area contributed by atoms with Gasteiger partial charge in [0.05, 0.1) is 0 Å². The van der Waals surface area contributed by atoms with Gasteiger partial charge in [0, 0.05) is 17.8 Å². The molecule has 0 amide bonds. The van der Waals surface area contributed by atoms with E-state index in [1.165, 1.54) is 11.1 Å². The van der Waals surface area contributed by atoms with E-state index >= 15 is 0 Å². The second-order valence-corrected chi connectivity index (χ2v) is 8.06. The van der Waals surface area contributed by atoms with E-state index < -0.39 is 0 Å². The molecule has 0 aliphatic heterocycles. The van der Waals surface area contributed by atoms with Crippen molar-refractivity contribution < 1.29 is 0 Å². The van der Waals surface area contributed by atoms with E-state index in [4.69, 9.17) is 15.7 Å². The van der Waals surface area contributed by atoms with Gasteiger partial charge in [0.1, 0.15) is 11.3 Å².